The van der Waals surface area contributed by atoms with Crippen LogP contribution in [-0.2, 0) is 11.2 Å². The summed E-state index contributed by atoms with van der Waals surface area (Å²) in [7, 11) is 0. The molecule has 0 unspecified atom stereocenters. The summed E-state index contributed by atoms with van der Waals surface area (Å²) in [5.74, 6) is 0.941. The van der Waals surface area contributed by atoms with E-state index in [4.69, 9.17) is 0 Å². The van der Waals surface area contributed by atoms with Gasteiger partial charge in [-0.3, -0.25) is 4.79 Å². The van der Waals surface area contributed by atoms with E-state index >= 15 is 0 Å². The first kappa shape index (κ1) is 12.2. The zero-order valence-corrected chi connectivity index (χ0v) is 10.5. The number of aryl methyl sites for hydroxylation is 2. The van der Waals surface area contributed by atoms with E-state index in [1.807, 2.05) is 0 Å². The number of carbonyl (C=O) groups is 1. The van der Waals surface area contributed by atoms with Gasteiger partial charge in [-0.1, -0.05) is 36.2 Å². The fourth-order valence-electron chi connectivity index (χ4n) is 2.06. The molecule has 0 heterocycles. The van der Waals surface area contributed by atoms with Crippen LogP contribution in [0.5, 0.6) is 0 Å². The number of hydrogen-bond donors (Lipinski definition) is 1. The van der Waals surface area contributed by atoms with E-state index in [1.54, 1.807) is 0 Å². The molecule has 0 aliphatic heterocycles. The molecule has 1 saturated carbocycles. The molecule has 2 nitrogen and oxygen atoms in total. The molecule has 0 radical (unpaired) electrons. The summed E-state index contributed by atoms with van der Waals surface area (Å²) in [5.41, 5.74) is 2.51. The Balaban J connectivity index is 1.66. The zero-order valence-electron chi connectivity index (χ0n) is 10.5. The molecule has 1 aliphatic carbocycles. The largest absolute Gasteiger partial charge is 0.356 e. The minimum Gasteiger partial charge on any atom is -0.356 e. The highest BCUT2D eigenvalue weighted by Gasteiger charge is 2.17. The lowest BCUT2D eigenvalue weighted by Gasteiger charge is -2.25. The number of hydrogen-bond acceptors (Lipinski definition) is 1. The molecule has 1 N–H and O–H groups in total. The first-order valence-electron chi connectivity index (χ1n) is 6.56. The van der Waals surface area contributed by atoms with E-state index in [1.165, 1.54) is 30.4 Å². The smallest absolute Gasteiger partial charge is 0.220 e. The van der Waals surface area contributed by atoms with E-state index in [0.717, 1.165) is 18.9 Å². The van der Waals surface area contributed by atoms with Crippen molar-refractivity contribution >= 4 is 5.91 Å². The van der Waals surface area contributed by atoms with Crippen molar-refractivity contribution in [1.29, 1.82) is 0 Å². The highest BCUT2D eigenvalue weighted by atomic mass is 16.1. The van der Waals surface area contributed by atoms with Crippen molar-refractivity contribution < 1.29 is 4.79 Å². The topological polar surface area (TPSA) is 29.1 Å². The van der Waals surface area contributed by atoms with Gasteiger partial charge in [0.05, 0.1) is 0 Å². The Morgan fingerprint density at radius 2 is 2.00 bits per heavy atom. The maximum atomic E-state index is 11.6. The van der Waals surface area contributed by atoms with Crippen LogP contribution < -0.4 is 5.32 Å². The molecule has 0 atom stereocenters. The standard InChI is InChI=1S/C15H21NO/c1-12-5-7-13(8-6-12)9-10-15(17)16-11-14-3-2-4-14/h5-8,14H,2-4,9-11H2,1H3,(H,16,17). The van der Waals surface area contributed by atoms with E-state index in [9.17, 15) is 4.79 Å². The molecule has 1 amide bonds. The third-order valence-electron chi connectivity index (χ3n) is 3.57. The molecule has 2 heteroatoms. The Morgan fingerprint density at radius 1 is 1.29 bits per heavy atom. The van der Waals surface area contributed by atoms with Gasteiger partial charge in [0.2, 0.25) is 5.91 Å². The molecule has 1 aliphatic rings. The van der Waals surface area contributed by atoms with Gasteiger partial charge in [0.1, 0.15) is 0 Å². The van der Waals surface area contributed by atoms with Crippen LogP contribution in [0.2, 0.25) is 0 Å². The van der Waals surface area contributed by atoms with Gasteiger partial charge in [-0.2, -0.15) is 0 Å². The molecule has 1 fully saturated rings. The van der Waals surface area contributed by atoms with E-state index in [0.29, 0.717) is 6.42 Å². The Labute approximate surface area is 103 Å². The monoisotopic (exact) mass is 231 g/mol. The maximum absolute atomic E-state index is 11.6. The van der Waals surface area contributed by atoms with Crippen LogP contribution in [0, 0.1) is 12.8 Å². The number of benzene rings is 1. The van der Waals surface area contributed by atoms with Crippen LogP contribution in [0.1, 0.15) is 36.8 Å². The average Bonchev–Trinajstić information content (AvgIpc) is 2.26. The summed E-state index contributed by atoms with van der Waals surface area (Å²) in [4.78, 5) is 11.6. The molecule has 1 aromatic carbocycles. The minimum absolute atomic E-state index is 0.192. The highest BCUT2D eigenvalue weighted by molar-refractivity contribution is 5.76. The second-order valence-electron chi connectivity index (χ2n) is 5.09. The normalized spacial score (nSPS) is 15.4. The van der Waals surface area contributed by atoms with Crippen molar-refractivity contribution in [2.75, 3.05) is 6.54 Å². The van der Waals surface area contributed by atoms with Gasteiger partial charge in [-0.25, -0.2) is 0 Å². The lowest BCUT2D eigenvalue weighted by Crippen LogP contribution is -2.32. The fourth-order valence-corrected chi connectivity index (χ4v) is 2.06. The maximum Gasteiger partial charge on any atom is 0.220 e. The molecular weight excluding hydrogens is 210 g/mol. The zero-order chi connectivity index (χ0) is 12.1. The van der Waals surface area contributed by atoms with Crippen LogP contribution in [0.25, 0.3) is 0 Å². The van der Waals surface area contributed by atoms with Crippen molar-refractivity contribution in [2.45, 2.75) is 39.0 Å². The van der Waals surface area contributed by atoms with Gasteiger partial charge in [0.15, 0.2) is 0 Å². The Bertz CT molecular complexity index is 365. The number of rotatable bonds is 5. The minimum atomic E-state index is 0.192. The molecule has 92 valence electrons. The van der Waals surface area contributed by atoms with Gasteiger partial charge in [-0.05, 0) is 37.7 Å². The lowest BCUT2D eigenvalue weighted by molar-refractivity contribution is -0.121. The fraction of sp³-hybridized carbons (Fsp3) is 0.533. The van der Waals surface area contributed by atoms with Crippen LogP contribution in [0.3, 0.4) is 0 Å². The number of carbonyl (C=O) groups excluding carboxylic acids is 1. The SMILES string of the molecule is Cc1ccc(CCC(=O)NCC2CCC2)cc1. The van der Waals surface area contributed by atoms with Crippen molar-refractivity contribution in [1.82, 2.24) is 5.32 Å². The summed E-state index contributed by atoms with van der Waals surface area (Å²) in [5, 5.41) is 3.03. The summed E-state index contributed by atoms with van der Waals surface area (Å²) in [6.07, 6.45) is 5.37. The predicted molar refractivity (Wildman–Crippen MR) is 69.9 cm³/mol. The molecule has 0 saturated heterocycles. The van der Waals surface area contributed by atoms with Crippen LogP contribution in [0.4, 0.5) is 0 Å². The second-order valence-corrected chi connectivity index (χ2v) is 5.09. The van der Waals surface area contributed by atoms with Gasteiger partial charge in [0, 0.05) is 13.0 Å². The van der Waals surface area contributed by atoms with Gasteiger partial charge < -0.3 is 5.32 Å². The molecular formula is C15H21NO. The molecule has 0 aromatic heterocycles. The van der Waals surface area contributed by atoms with Crippen LogP contribution in [-0.4, -0.2) is 12.5 Å². The van der Waals surface area contributed by atoms with Gasteiger partial charge in [0.25, 0.3) is 0 Å². The summed E-state index contributed by atoms with van der Waals surface area (Å²) in [6.45, 7) is 2.96. The average molecular weight is 231 g/mol. The van der Waals surface area contributed by atoms with Crippen molar-refractivity contribution in [3.8, 4) is 0 Å². The molecule has 2 rings (SSSR count). The van der Waals surface area contributed by atoms with Gasteiger partial charge >= 0.3 is 0 Å². The Kier molecular flexibility index (Phi) is 4.18. The van der Waals surface area contributed by atoms with Crippen molar-refractivity contribution in [3.05, 3.63) is 35.4 Å². The summed E-state index contributed by atoms with van der Waals surface area (Å²) >= 11 is 0. The first-order chi connectivity index (χ1) is 8.24. The van der Waals surface area contributed by atoms with Crippen LogP contribution >= 0.6 is 0 Å². The summed E-state index contributed by atoms with van der Waals surface area (Å²) in [6, 6.07) is 8.41. The second kappa shape index (κ2) is 5.85. The van der Waals surface area contributed by atoms with Crippen LogP contribution in [0.15, 0.2) is 24.3 Å². The first-order valence-corrected chi connectivity index (χ1v) is 6.56. The quantitative estimate of drug-likeness (QED) is 0.829. The predicted octanol–water partition coefficient (Wildman–Crippen LogP) is 2.84. The molecule has 0 bridgehead atoms. The molecule has 0 spiro atoms. The number of nitrogens with one attached hydrogen (secondary N) is 1. The lowest BCUT2D eigenvalue weighted by atomic mass is 9.85. The van der Waals surface area contributed by atoms with Crippen molar-refractivity contribution in [2.24, 2.45) is 5.92 Å². The van der Waals surface area contributed by atoms with E-state index in [2.05, 4.69) is 36.5 Å². The Morgan fingerprint density at radius 3 is 2.59 bits per heavy atom. The van der Waals surface area contributed by atoms with E-state index < -0.39 is 0 Å². The van der Waals surface area contributed by atoms with Crippen molar-refractivity contribution in [3.63, 3.8) is 0 Å². The van der Waals surface area contributed by atoms with Gasteiger partial charge in [-0.15, -0.1) is 0 Å². The highest BCUT2D eigenvalue weighted by Crippen LogP contribution is 2.25. The third-order valence-corrected chi connectivity index (χ3v) is 3.57. The Hall–Kier alpha value is -1.31. The number of amides is 1. The summed E-state index contributed by atoms with van der Waals surface area (Å²) < 4.78 is 0. The third kappa shape index (κ3) is 3.88. The van der Waals surface area contributed by atoms with E-state index in [-0.39, 0.29) is 5.91 Å². The molecule has 17 heavy (non-hydrogen) atoms. The molecule has 1 aromatic rings.